The molecule has 2 aliphatic rings. The van der Waals surface area contributed by atoms with Gasteiger partial charge in [-0.15, -0.1) is 0 Å². The van der Waals surface area contributed by atoms with Crippen LogP contribution in [-0.2, 0) is 6.54 Å². The van der Waals surface area contributed by atoms with E-state index >= 15 is 0 Å². The Kier molecular flexibility index (Phi) is 6.09. The number of carbonyl (C=O) groups excluding carboxylic acids is 1. The first-order valence-corrected chi connectivity index (χ1v) is 11.6. The summed E-state index contributed by atoms with van der Waals surface area (Å²) in [4.78, 5) is 15.1. The Morgan fingerprint density at radius 3 is 2.52 bits per heavy atom. The summed E-state index contributed by atoms with van der Waals surface area (Å²) >= 11 is 0. The third-order valence-corrected chi connectivity index (χ3v) is 6.91. The molecule has 1 N–H and O–H groups in total. The van der Waals surface area contributed by atoms with Gasteiger partial charge >= 0.3 is 0 Å². The number of hydrogen-bond donors (Lipinski definition) is 1. The summed E-state index contributed by atoms with van der Waals surface area (Å²) in [5.74, 6) is 2.33. The Morgan fingerprint density at radius 1 is 1.03 bits per heavy atom. The molecule has 0 aliphatic carbocycles. The van der Waals surface area contributed by atoms with E-state index in [2.05, 4.69) is 17.3 Å². The maximum Gasteiger partial charge on any atom is 0.287 e. The lowest BCUT2D eigenvalue weighted by Gasteiger charge is -2.36. The van der Waals surface area contributed by atoms with Gasteiger partial charge in [0.2, 0.25) is 0 Å². The average Bonchev–Trinajstić information content (AvgIpc) is 3.40. The number of amides is 1. The molecule has 172 valence electrons. The largest absolute Gasteiger partial charge is 0.497 e. The quantitative estimate of drug-likeness (QED) is 0.560. The maximum atomic E-state index is 12.6. The summed E-state index contributed by atoms with van der Waals surface area (Å²) in [6.07, 6.45) is 4.99. The summed E-state index contributed by atoms with van der Waals surface area (Å²) in [7, 11) is 3.87. The minimum Gasteiger partial charge on any atom is -0.497 e. The van der Waals surface area contributed by atoms with Crippen LogP contribution in [0.1, 0.15) is 41.8 Å². The molecule has 0 saturated carbocycles. The van der Waals surface area contributed by atoms with Crippen molar-refractivity contribution in [1.82, 2.24) is 10.2 Å². The molecule has 2 fully saturated rings. The lowest BCUT2D eigenvalue weighted by Crippen LogP contribution is -2.43. The first-order valence-electron chi connectivity index (χ1n) is 11.6. The fourth-order valence-corrected chi connectivity index (χ4v) is 5.02. The molecule has 33 heavy (non-hydrogen) atoms. The van der Waals surface area contributed by atoms with Gasteiger partial charge in [-0.2, -0.15) is 0 Å². The molecule has 0 spiro atoms. The molecule has 2 saturated heterocycles. The summed E-state index contributed by atoms with van der Waals surface area (Å²) in [5, 5.41) is 2.94. The van der Waals surface area contributed by atoms with Gasteiger partial charge in [0.05, 0.1) is 7.11 Å². The number of rotatable bonds is 7. The molecule has 6 nitrogen and oxygen atoms in total. The van der Waals surface area contributed by atoms with E-state index in [1.54, 1.807) is 19.2 Å². The molecule has 3 aromatic rings. The molecule has 2 bridgehead atoms. The minimum atomic E-state index is -0.243. The molecule has 6 heteroatoms. The summed E-state index contributed by atoms with van der Waals surface area (Å²) in [6.45, 7) is 0.410. The SMILES string of the molecule is COc1ccc(-c2ccc(C(=O)NCc3cccc(OC4CC5CCC(C4)N5C)c3)o2)cc1. The van der Waals surface area contributed by atoms with Crippen LogP contribution in [0.3, 0.4) is 0 Å². The second-order valence-corrected chi connectivity index (χ2v) is 8.98. The molecule has 2 atom stereocenters. The number of carbonyl (C=O) groups is 1. The van der Waals surface area contributed by atoms with Crippen LogP contribution in [0.25, 0.3) is 11.3 Å². The first-order chi connectivity index (χ1) is 16.1. The zero-order valence-corrected chi connectivity index (χ0v) is 19.1. The van der Waals surface area contributed by atoms with Crippen molar-refractivity contribution in [3.05, 3.63) is 72.0 Å². The van der Waals surface area contributed by atoms with Crippen LogP contribution < -0.4 is 14.8 Å². The number of hydrogen-bond acceptors (Lipinski definition) is 5. The fraction of sp³-hybridized carbons (Fsp3) is 0.370. The predicted molar refractivity (Wildman–Crippen MR) is 127 cm³/mol. The van der Waals surface area contributed by atoms with E-state index in [1.165, 1.54) is 12.8 Å². The molecule has 2 aliphatic heterocycles. The molecular weight excluding hydrogens is 416 g/mol. The highest BCUT2D eigenvalue weighted by atomic mass is 16.5. The van der Waals surface area contributed by atoms with Crippen molar-refractivity contribution in [1.29, 1.82) is 0 Å². The molecule has 1 amide bonds. The van der Waals surface area contributed by atoms with Crippen LogP contribution in [0.5, 0.6) is 11.5 Å². The van der Waals surface area contributed by atoms with Crippen LogP contribution in [0, 0.1) is 0 Å². The lowest BCUT2D eigenvalue weighted by molar-refractivity contribution is 0.0661. The van der Waals surface area contributed by atoms with Gasteiger partial charge in [0.1, 0.15) is 23.4 Å². The van der Waals surface area contributed by atoms with E-state index in [4.69, 9.17) is 13.9 Å². The Balaban J connectivity index is 1.17. The van der Waals surface area contributed by atoms with E-state index in [-0.39, 0.29) is 17.8 Å². The Labute approximate surface area is 194 Å². The van der Waals surface area contributed by atoms with Crippen molar-refractivity contribution in [2.24, 2.45) is 0 Å². The second kappa shape index (κ2) is 9.32. The van der Waals surface area contributed by atoms with Gasteiger partial charge in [0, 0.05) is 24.2 Å². The highest BCUT2D eigenvalue weighted by Gasteiger charge is 2.39. The van der Waals surface area contributed by atoms with Crippen LogP contribution >= 0.6 is 0 Å². The van der Waals surface area contributed by atoms with Crippen molar-refractivity contribution in [2.45, 2.75) is 50.4 Å². The smallest absolute Gasteiger partial charge is 0.287 e. The average molecular weight is 447 g/mol. The second-order valence-electron chi connectivity index (χ2n) is 8.98. The van der Waals surface area contributed by atoms with Gasteiger partial charge in [0.25, 0.3) is 5.91 Å². The number of methoxy groups -OCH3 is 1. The third-order valence-electron chi connectivity index (χ3n) is 6.91. The van der Waals surface area contributed by atoms with E-state index in [0.717, 1.165) is 35.5 Å². The minimum absolute atomic E-state index is 0.243. The van der Waals surface area contributed by atoms with Crippen molar-refractivity contribution < 1.29 is 18.7 Å². The fourth-order valence-electron chi connectivity index (χ4n) is 5.02. The topological polar surface area (TPSA) is 63.9 Å². The van der Waals surface area contributed by atoms with E-state index in [1.807, 2.05) is 48.5 Å². The number of nitrogens with zero attached hydrogens (tertiary/aromatic N) is 1. The molecule has 3 heterocycles. The molecule has 1 aromatic heterocycles. The van der Waals surface area contributed by atoms with E-state index < -0.39 is 0 Å². The number of furan rings is 1. The highest BCUT2D eigenvalue weighted by molar-refractivity contribution is 5.92. The van der Waals surface area contributed by atoms with Crippen LogP contribution in [-0.4, -0.2) is 43.2 Å². The Bertz CT molecular complexity index is 1090. The highest BCUT2D eigenvalue weighted by Crippen LogP contribution is 2.36. The van der Waals surface area contributed by atoms with E-state index in [0.29, 0.717) is 24.4 Å². The van der Waals surface area contributed by atoms with Crippen molar-refractivity contribution in [2.75, 3.05) is 14.2 Å². The van der Waals surface area contributed by atoms with Gasteiger partial charge in [-0.3, -0.25) is 4.79 Å². The normalized spacial score (nSPS) is 22.2. The monoisotopic (exact) mass is 446 g/mol. The van der Waals surface area contributed by atoms with Gasteiger partial charge in [-0.05, 0) is 86.8 Å². The number of fused-ring (bicyclic) bond motifs is 2. The predicted octanol–water partition coefficient (Wildman–Crippen LogP) is 4.89. The number of benzene rings is 2. The van der Waals surface area contributed by atoms with Gasteiger partial charge < -0.3 is 24.1 Å². The summed E-state index contributed by atoms with van der Waals surface area (Å²) in [5.41, 5.74) is 1.89. The number of piperidine rings is 1. The first kappa shape index (κ1) is 21.6. The van der Waals surface area contributed by atoms with E-state index in [9.17, 15) is 4.79 Å². The number of ether oxygens (including phenoxy) is 2. The van der Waals surface area contributed by atoms with Gasteiger partial charge in [-0.25, -0.2) is 0 Å². The van der Waals surface area contributed by atoms with Gasteiger partial charge in [-0.1, -0.05) is 12.1 Å². The van der Waals surface area contributed by atoms with Crippen LogP contribution in [0.4, 0.5) is 0 Å². The zero-order valence-electron chi connectivity index (χ0n) is 19.1. The summed E-state index contributed by atoms with van der Waals surface area (Å²) < 4.78 is 17.3. The standard InChI is InChI=1S/C27H30N2O4/c1-29-20-8-9-21(29)16-24(15-20)32-23-5-3-4-18(14-23)17-28-27(30)26-13-12-25(33-26)19-6-10-22(31-2)11-7-19/h3-7,10-14,20-21,24H,8-9,15-17H2,1-2H3,(H,28,30). The van der Waals surface area contributed by atoms with Crippen molar-refractivity contribution in [3.63, 3.8) is 0 Å². The molecule has 2 unspecified atom stereocenters. The van der Waals surface area contributed by atoms with Crippen molar-refractivity contribution >= 4 is 5.91 Å². The van der Waals surface area contributed by atoms with Crippen LogP contribution in [0.15, 0.2) is 65.1 Å². The van der Waals surface area contributed by atoms with Crippen molar-refractivity contribution in [3.8, 4) is 22.8 Å². The maximum absolute atomic E-state index is 12.6. The van der Waals surface area contributed by atoms with Gasteiger partial charge in [0.15, 0.2) is 5.76 Å². The summed E-state index contributed by atoms with van der Waals surface area (Å²) in [6, 6.07) is 20.3. The van der Waals surface area contributed by atoms with Crippen LogP contribution in [0.2, 0.25) is 0 Å². The molecular formula is C27H30N2O4. The Morgan fingerprint density at radius 2 is 1.79 bits per heavy atom. The molecule has 2 aromatic carbocycles. The molecule has 0 radical (unpaired) electrons. The lowest BCUT2D eigenvalue weighted by atomic mass is 10.0. The molecule has 5 rings (SSSR count). The zero-order chi connectivity index (χ0) is 22.8. The number of nitrogens with one attached hydrogen (secondary N) is 1. The Hall–Kier alpha value is -3.25. The third kappa shape index (κ3) is 4.76.